The van der Waals surface area contributed by atoms with Crippen LogP contribution in [0.3, 0.4) is 0 Å². The number of hydrogen-bond acceptors (Lipinski definition) is 34. The third kappa shape index (κ3) is 47.7. The first-order chi connectivity index (χ1) is 69.3. The number of nitrogen functional groups attached to an aromatic ring is 3. The van der Waals surface area contributed by atoms with Crippen molar-refractivity contribution in [1.29, 1.82) is 0 Å². The van der Waals surface area contributed by atoms with Gasteiger partial charge in [-0.2, -0.15) is 43.1 Å². The molecule has 4 amide bonds. The largest absolute Gasteiger partial charge is 1.00 e. The van der Waals surface area contributed by atoms with Gasteiger partial charge in [0.05, 0.1) is 26.4 Å². The molecule has 148 heavy (non-hydrogen) atoms. The second-order valence-electron chi connectivity index (χ2n) is 45.0. The number of nitrogens with zero attached hydrogens (tertiary/aromatic N) is 16. The Kier molecular flexibility index (Phi) is 53.2. The molecule has 12 rings (SSSR count). The number of piperazine rings is 3. The SMILES string of the molecule is CC(C)(C)OC(=O)N(CCCN(C(=O)OC(C)(C)C)C1CCC(CNc2nc(N)cc(N3CCN(CCC(=O)O)CC3)n2)CC1)C1CCCCC1.COC(=O)CCN1CCN(c2cc(N)nc(NCC3CCC(N(CCCN(C(=O)OC(C)(C)C)C4CCCCC4)C(=O)OC(C)(C)C)CC3)n2)CC1.Nc1cc(N2CCN(CCC(=O)O)CC2)nc(NCC2CCC(NCCCNC3CCCCC3)CC2)n1.O=CC(F)(F)F.[Li+].[OH-]. The second-order valence-corrected chi connectivity index (χ2v) is 45.0. The molecule has 14 N–H and O–H groups in total. The van der Waals surface area contributed by atoms with Gasteiger partial charge >= 0.3 is 67.3 Å². The normalized spacial score (nSPS) is 20.8. The van der Waals surface area contributed by atoms with Gasteiger partial charge in [0.1, 0.15) is 57.3 Å². The van der Waals surface area contributed by atoms with Gasteiger partial charge in [-0.05, 0) is 249 Å². The monoisotopic (exact) mass is 2090 g/mol. The van der Waals surface area contributed by atoms with Crippen molar-refractivity contribution in [3.8, 4) is 0 Å². The van der Waals surface area contributed by atoms with Crippen molar-refractivity contribution < 1.29 is 110 Å². The minimum absolute atomic E-state index is 0. The number of esters is 1. The number of anilines is 9. The second kappa shape index (κ2) is 62.7. The fraction of sp³-hybridized carbons (Fsp3) is 0.808. The van der Waals surface area contributed by atoms with E-state index in [-0.39, 0.29) is 91.7 Å². The van der Waals surface area contributed by atoms with E-state index in [0.29, 0.717) is 131 Å². The molecule has 9 fully saturated rings. The number of nitrogens with two attached hydrogens (primary N) is 3. The van der Waals surface area contributed by atoms with Crippen molar-refractivity contribution >= 4 is 101 Å². The Morgan fingerprint density at radius 1 is 0.385 bits per heavy atom. The summed E-state index contributed by atoms with van der Waals surface area (Å²) in [6.45, 7) is 40.8. The summed E-state index contributed by atoms with van der Waals surface area (Å²) in [6, 6.07) is 7.32. The van der Waals surface area contributed by atoms with Crippen LogP contribution in [0, 0.1) is 17.8 Å². The number of ether oxygens (including phenoxy) is 5. The third-order valence-electron chi connectivity index (χ3n) is 28.5. The summed E-state index contributed by atoms with van der Waals surface area (Å²) in [5.74, 6) is 5.06. The molecule has 0 atom stereocenters. The molecule has 0 aromatic carbocycles. The molecule has 6 saturated carbocycles. The van der Waals surface area contributed by atoms with Gasteiger partial charge in [0, 0.05) is 198 Å². The van der Waals surface area contributed by atoms with E-state index in [1.165, 1.54) is 84.2 Å². The Hall–Kier alpha value is -9.25. The zero-order chi connectivity index (χ0) is 106. The smallest absolute Gasteiger partial charge is 0.870 e. The zero-order valence-corrected chi connectivity index (χ0v) is 91.5. The van der Waals surface area contributed by atoms with Crippen LogP contribution in [-0.4, -0.2) is 357 Å². The minimum Gasteiger partial charge on any atom is -0.870 e. The Bertz CT molecular complexity index is 4420. The van der Waals surface area contributed by atoms with E-state index in [0.717, 1.165) is 231 Å². The van der Waals surface area contributed by atoms with Crippen molar-refractivity contribution in [3.05, 3.63) is 18.2 Å². The Morgan fingerprint density at radius 3 is 0.905 bits per heavy atom. The van der Waals surface area contributed by atoms with Crippen LogP contribution >= 0.6 is 0 Å². The molecule has 0 spiro atoms. The molecule has 0 bridgehead atoms. The number of rotatable bonds is 39. The molecule has 6 aliphatic carbocycles. The number of carbonyl (C=O) groups is 8. The Morgan fingerprint density at radius 2 is 0.642 bits per heavy atom. The number of aliphatic carboxylic acids is 2. The van der Waals surface area contributed by atoms with E-state index < -0.39 is 46.8 Å². The summed E-state index contributed by atoms with van der Waals surface area (Å²) in [5, 5.41) is 35.7. The number of amides is 4. The molecule has 44 heteroatoms. The van der Waals surface area contributed by atoms with Gasteiger partial charge < -0.3 is 117 Å². The maximum absolute atomic E-state index is 13.6. The topological polar surface area (TPSA) is 501 Å². The van der Waals surface area contributed by atoms with E-state index >= 15 is 0 Å². The molecule has 0 radical (unpaired) electrons. The standard InChI is InChI=1S/C38H66N8O6.C37H64N8O6.C27H48N8O2.C2HF3O.Li.H2O/c1-37(2,3)51-35(48)45(29-12-9-8-10-13-29)19-11-20-46(36(49)52-38(4,5)6)30-16-14-28(15-17-30)27-40-34-41-31(39)26-32(42-34)44-24-22-43(23-25-44)21-18-33(47)50-7;1-36(2,3)50-34(48)44(28-11-8-7-9-12-28)18-10-19-45(35(49)51-37(4,5)6)29-15-13-27(14-16-29)26-39-33-40-30(38)25-31(41-33)43-23-21-42(22-24-43)20-17-32(46)47;28-24-19-25(35-17-15-34(16-18-35)14-11-26(36)37)33-27(32-24)31-20-21-7-9-23(10-8-21)30-13-4-12-29-22-5-2-1-3-6-22;3-2(4,5)1-6;;/h26,28-30H,8-25,27H2,1-7H3,(H3,39,40,41,42);25,27-29H,7-24,26H2,1-6H3,(H,46,47)(H3,38,39,40,41);19,21-23,29-30H,1-18,20H2,(H,36,37)(H3,28,31,32,33);1H;;1H2/q;;;;+1;/p-1. The van der Waals surface area contributed by atoms with Crippen LogP contribution in [0.5, 0.6) is 0 Å². The molecule has 3 aromatic heterocycles. The van der Waals surface area contributed by atoms with E-state index in [2.05, 4.69) is 70.9 Å². The van der Waals surface area contributed by atoms with Gasteiger partial charge in [-0.15, -0.1) is 0 Å². The Balaban J connectivity index is 0.000000294. The average molecular weight is 2090 g/mol. The zero-order valence-electron chi connectivity index (χ0n) is 91.5. The maximum Gasteiger partial charge on any atom is 1.00 e. The number of halogens is 3. The van der Waals surface area contributed by atoms with Crippen molar-refractivity contribution in [2.75, 3.05) is 212 Å². The summed E-state index contributed by atoms with van der Waals surface area (Å²) in [4.78, 5) is 144. The van der Waals surface area contributed by atoms with Crippen molar-refractivity contribution in [2.24, 2.45) is 17.8 Å². The minimum atomic E-state index is -4.64. The van der Waals surface area contributed by atoms with Gasteiger partial charge in [0.15, 0.2) is 0 Å². The molecular weight excluding hydrogens is 1910 g/mol. The summed E-state index contributed by atoms with van der Waals surface area (Å²) < 4.78 is 59.4. The molecule has 3 saturated heterocycles. The van der Waals surface area contributed by atoms with E-state index in [1.807, 2.05) is 115 Å². The molecule has 0 unspecified atom stereocenters. The van der Waals surface area contributed by atoms with Crippen molar-refractivity contribution in [2.45, 2.75) is 360 Å². The first kappa shape index (κ1) is 126. The molecular formula is C104H180F3LiN24O16. The van der Waals surface area contributed by atoms with Gasteiger partial charge in [-0.25, -0.2) is 19.2 Å². The summed E-state index contributed by atoms with van der Waals surface area (Å²) >= 11 is 0. The van der Waals surface area contributed by atoms with Crippen LogP contribution in [0.25, 0.3) is 0 Å². The van der Waals surface area contributed by atoms with Gasteiger partial charge in [-0.3, -0.25) is 33.9 Å². The number of hydrogen-bond donors (Lipinski definition) is 10. The molecule has 834 valence electrons. The van der Waals surface area contributed by atoms with Crippen molar-refractivity contribution in [1.82, 2.24) is 74.8 Å². The predicted octanol–water partition coefficient (Wildman–Crippen LogP) is 11.8. The first-order valence-electron chi connectivity index (χ1n) is 54.3. The summed E-state index contributed by atoms with van der Waals surface area (Å²) in [5.41, 5.74) is 16.2. The van der Waals surface area contributed by atoms with Gasteiger partial charge in [0.2, 0.25) is 24.1 Å². The number of carbonyl (C=O) groups excluding carboxylic acids is 6. The quantitative estimate of drug-likeness (QED) is 0.00833. The number of methoxy groups -OCH3 is 1. The number of carboxylic acids is 2. The third-order valence-corrected chi connectivity index (χ3v) is 28.5. The van der Waals surface area contributed by atoms with Gasteiger partial charge in [-0.1, -0.05) is 57.8 Å². The molecule has 3 aromatic rings. The first-order valence-corrected chi connectivity index (χ1v) is 54.3. The average Bonchev–Trinajstić information content (AvgIpc) is 0.838. The van der Waals surface area contributed by atoms with Crippen LogP contribution in [0.4, 0.5) is 85.1 Å². The molecule has 6 heterocycles. The maximum atomic E-state index is 13.6. The number of aromatic nitrogens is 6. The van der Waals surface area contributed by atoms with Crippen LogP contribution < -0.4 is 77.3 Å². The van der Waals surface area contributed by atoms with E-state index in [9.17, 15) is 46.7 Å². The fourth-order valence-corrected chi connectivity index (χ4v) is 20.7. The number of carboxylic acid groups (broad SMARTS) is 2. The van der Waals surface area contributed by atoms with Crippen LogP contribution in [0.2, 0.25) is 0 Å². The van der Waals surface area contributed by atoms with E-state index in [4.69, 9.17) is 70.8 Å². The number of alkyl halides is 3. The Labute approximate surface area is 888 Å². The summed E-state index contributed by atoms with van der Waals surface area (Å²) in [7, 11) is 1.42. The van der Waals surface area contributed by atoms with Crippen molar-refractivity contribution in [3.63, 3.8) is 0 Å². The summed E-state index contributed by atoms with van der Waals surface area (Å²) in [6.07, 6.45) is 26.4. The van der Waals surface area contributed by atoms with Crippen LogP contribution in [0.15, 0.2) is 18.2 Å². The number of aldehydes is 1. The predicted molar refractivity (Wildman–Crippen MR) is 565 cm³/mol. The van der Waals surface area contributed by atoms with Gasteiger partial charge in [0.25, 0.3) is 0 Å². The molecule has 3 aliphatic heterocycles. The molecule has 40 nitrogen and oxygen atoms in total. The van der Waals surface area contributed by atoms with E-state index in [1.54, 1.807) is 6.07 Å². The fourth-order valence-electron chi connectivity index (χ4n) is 20.7. The number of nitrogens with one attached hydrogen (secondary N) is 5. The molecule has 9 aliphatic rings. The van der Waals surface area contributed by atoms with Crippen LogP contribution in [0.1, 0.15) is 295 Å². The van der Waals surface area contributed by atoms with Crippen LogP contribution in [-0.2, 0) is 42.9 Å².